The van der Waals surface area contributed by atoms with Gasteiger partial charge in [0.15, 0.2) is 11.5 Å². The topological polar surface area (TPSA) is 91.2 Å². The molecule has 0 spiro atoms. The van der Waals surface area contributed by atoms with E-state index < -0.39 is 0 Å². The van der Waals surface area contributed by atoms with E-state index in [1.54, 1.807) is 25.2 Å². The maximum absolute atomic E-state index is 12.2. The van der Waals surface area contributed by atoms with Crippen molar-refractivity contribution in [3.05, 3.63) is 29.6 Å². The Bertz CT molecular complexity index is 702. The van der Waals surface area contributed by atoms with Gasteiger partial charge in [-0.15, -0.1) is 5.10 Å². The molecular weight excluding hydrogens is 310 g/mol. The molecule has 8 heteroatoms. The molecule has 1 aromatic carbocycles. The van der Waals surface area contributed by atoms with Crippen LogP contribution < -0.4 is 14.8 Å². The number of hydrogen-bond acceptors (Lipinski definition) is 6. The van der Waals surface area contributed by atoms with Crippen molar-refractivity contribution < 1.29 is 14.3 Å². The van der Waals surface area contributed by atoms with Gasteiger partial charge in [-0.1, -0.05) is 0 Å². The second kappa shape index (κ2) is 7.29. The average Bonchev–Trinajstić information content (AvgIpc) is 3.23. The van der Waals surface area contributed by atoms with E-state index in [0.717, 1.165) is 24.2 Å². The van der Waals surface area contributed by atoms with Gasteiger partial charge in [-0.25, -0.2) is 4.68 Å². The molecule has 0 saturated carbocycles. The fourth-order valence-electron chi connectivity index (χ4n) is 3.03. The van der Waals surface area contributed by atoms with Crippen LogP contribution in [0.15, 0.2) is 18.5 Å². The first-order valence-corrected chi connectivity index (χ1v) is 7.96. The predicted octanol–water partition coefficient (Wildman–Crippen LogP) is 1.27. The summed E-state index contributed by atoms with van der Waals surface area (Å²) < 4.78 is 12.3. The van der Waals surface area contributed by atoms with Crippen LogP contribution >= 0.6 is 0 Å². The Hall–Kier alpha value is -2.64. The Morgan fingerprint density at radius 2 is 2.12 bits per heavy atom. The number of amides is 1. The Morgan fingerprint density at radius 1 is 1.33 bits per heavy atom. The smallest absolute Gasteiger partial charge is 0.220 e. The summed E-state index contributed by atoms with van der Waals surface area (Å²) in [5, 5.41) is 14.0. The molecule has 1 unspecified atom stereocenters. The van der Waals surface area contributed by atoms with E-state index in [0.29, 0.717) is 25.1 Å². The highest BCUT2D eigenvalue weighted by atomic mass is 16.5. The van der Waals surface area contributed by atoms with Crippen molar-refractivity contribution in [2.45, 2.75) is 38.3 Å². The van der Waals surface area contributed by atoms with Gasteiger partial charge in [0.25, 0.3) is 0 Å². The molecule has 0 bridgehead atoms. The van der Waals surface area contributed by atoms with Gasteiger partial charge in [-0.3, -0.25) is 4.79 Å². The lowest BCUT2D eigenvalue weighted by Crippen LogP contribution is -2.27. The third kappa shape index (κ3) is 3.47. The molecule has 128 valence electrons. The van der Waals surface area contributed by atoms with Crippen LogP contribution in [0.25, 0.3) is 0 Å². The fourth-order valence-corrected chi connectivity index (χ4v) is 3.03. The number of fused-ring (bicyclic) bond motifs is 1. The number of aromatic nitrogens is 4. The lowest BCUT2D eigenvalue weighted by Gasteiger charge is -2.16. The third-order valence-corrected chi connectivity index (χ3v) is 4.24. The molecule has 1 atom stereocenters. The van der Waals surface area contributed by atoms with Gasteiger partial charge in [0.2, 0.25) is 5.91 Å². The zero-order chi connectivity index (χ0) is 16.9. The summed E-state index contributed by atoms with van der Waals surface area (Å²) in [6, 6.07) is 3.99. The van der Waals surface area contributed by atoms with Gasteiger partial charge >= 0.3 is 0 Å². The molecule has 0 aliphatic heterocycles. The van der Waals surface area contributed by atoms with Crippen molar-refractivity contribution in [2.75, 3.05) is 14.2 Å². The van der Waals surface area contributed by atoms with Crippen LogP contribution in [-0.2, 0) is 17.8 Å². The molecule has 1 aliphatic carbocycles. The highest BCUT2D eigenvalue weighted by Crippen LogP contribution is 2.39. The Labute approximate surface area is 140 Å². The van der Waals surface area contributed by atoms with Crippen LogP contribution in [0.4, 0.5) is 0 Å². The van der Waals surface area contributed by atoms with E-state index in [1.165, 1.54) is 5.56 Å². The first kappa shape index (κ1) is 16.2. The zero-order valence-electron chi connectivity index (χ0n) is 13.9. The standard InChI is InChI=1S/C16H21N5O3/c1-23-14-8-11-5-6-13(12(11)9-15(14)24-2)18-16(22)4-3-7-21-10-17-19-20-21/h8-10,13H,3-7H2,1-2H3,(H,18,22). The summed E-state index contributed by atoms with van der Waals surface area (Å²) in [4.78, 5) is 12.2. The van der Waals surface area contributed by atoms with Crippen LogP contribution in [0.5, 0.6) is 11.5 Å². The van der Waals surface area contributed by atoms with Gasteiger partial charge in [-0.05, 0) is 52.9 Å². The molecular formula is C16H21N5O3. The second-order valence-corrected chi connectivity index (χ2v) is 5.74. The summed E-state index contributed by atoms with van der Waals surface area (Å²) >= 11 is 0. The van der Waals surface area contributed by atoms with E-state index in [4.69, 9.17) is 9.47 Å². The monoisotopic (exact) mass is 331 g/mol. The summed E-state index contributed by atoms with van der Waals surface area (Å²) in [5.74, 6) is 1.46. The van der Waals surface area contributed by atoms with Crippen LogP contribution in [0.2, 0.25) is 0 Å². The van der Waals surface area contributed by atoms with Gasteiger partial charge in [0.05, 0.1) is 20.3 Å². The van der Waals surface area contributed by atoms with Gasteiger partial charge in [0, 0.05) is 13.0 Å². The van der Waals surface area contributed by atoms with Gasteiger partial charge < -0.3 is 14.8 Å². The molecule has 1 amide bonds. The first-order chi connectivity index (χ1) is 11.7. The molecule has 0 saturated heterocycles. The summed E-state index contributed by atoms with van der Waals surface area (Å²) in [5.41, 5.74) is 2.31. The van der Waals surface area contributed by atoms with Crippen molar-refractivity contribution in [1.82, 2.24) is 25.5 Å². The molecule has 2 aromatic rings. The summed E-state index contributed by atoms with van der Waals surface area (Å²) in [6.45, 7) is 0.632. The summed E-state index contributed by atoms with van der Waals surface area (Å²) in [6.07, 6.45) is 4.50. The molecule has 0 radical (unpaired) electrons. The Morgan fingerprint density at radius 3 is 2.83 bits per heavy atom. The van der Waals surface area contributed by atoms with Crippen LogP contribution in [0.1, 0.15) is 36.4 Å². The highest BCUT2D eigenvalue weighted by Gasteiger charge is 2.26. The highest BCUT2D eigenvalue weighted by molar-refractivity contribution is 5.76. The van der Waals surface area contributed by atoms with Crippen molar-refractivity contribution in [2.24, 2.45) is 0 Å². The number of hydrogen-bond donors (Lipinski definition) is 1. The number of tetrazole rings is 1. The molecule has 8 nitrogen and oxygen atoms in total. The average molecular weight is 331 g/mol. The number of benzene rings is 1. The zero-order valence-corrected chi connectivity index (χ0v) is 13.9. The molecule has 1 heterocycles. The first-order valence-electron chi connectivity index (χ1n) is 7.96. The number of rotatable bonds is 7. The molecule has 3 rings (SSSR count). The normalized spacial score (nSPS) is 15.8. The van der Waals surface area contributed by atoms with E-state index in [-0.39, 0.29) is 11.9 Å². The summed E-state index contributed by atoms with van der Waals surface area (Å²) in [7, 11) is 3.24. The number of methoxy groups -OCH3 is 2. The van der Waals surface area contributed by atoms with Crippen molar-refractivity contribution in [3.63, 3.8) is 0 Å². The number of carbonyl (C=O) groups excluding carboxylic acids is 1. The Kier molecular flexibility index (Phi) is 4.93. The lowest BCUT2D eigenvalue weighted by atomic mass is 10.1. The number of nitrogens with zero attached hydrogens (tertiary/aromatic N) is 4. The van der Waals surface area contributed by atoms with E-state index in [2.05, 4.69) is 20.8 Å². The number of aryl methyl sites for hydroxylation is 2. The van der Waals surface area contributed by atoms with Crippen LogP contribution in [0, 0.1) is 0 Å². The van der Waals surface area contributed by atoms with Crippen LogP contribution in [0.3, 0.4) is 0 Å². The number of ether oxygens (including phenoxy) is 2. The lowest BCUT2D eigenvalue weighted by molar-refractivity contribution is -0.122. The SMILES string of the molecule is COc1cc2c(cc1OC)C(NC(=O)CCCn1cnnn1)CC2. The van der Waals surface area contributed by atoms with E-state index in [1.807, 2.05) is 12.1 Å². The van der Waals surface area contributed by atoms with Crippen molar-refractivity contribution >= 4 is 5.91 Å². The molecule has 1 aromatic heterocycles. The molecule has 24 heavy (non-hydrogen) atoms. The van der Waals surface area contributed by atoms with Crippen molar-refractivity contribution in [1.29, 1.82) is 0 Å². The Balaban J connectivity index is 1.58. The minimum Gasteiger partial charge on any atom is -0.493 e. The van der Waals surface area contributed by atoms with Gasteiger partial charge in [-0.2, -0.15) is 0 Å². The largest absolute Gasteiger partial charge is 0.493 e. The molecule has 0 fully saturated rings. The maximum Gasteiger partial charge on any atom is 0.220 e. The van der Waals surface area contributed by atoms with Crippen molar-refractivity contribution in [3.8, 4) is 11.5 Å². The number of carbonyl (C=O) groups is 1. The fraction of sp³-hybridized carbons (Fsp3) is 0.500. The van der Waals surface area contributed by atoms with Gasteiger partial charge in [0.1, 0.15) is 6.33 Å². The van der Waals surface area contributed by atoms with E-state index >= 15 is 0 Å². The van der Waals surface area contributed by atoms with E-state index in [9.17, 15) is 4.79 Å². The second-order valence-electron chi connectivity index (χ2n) is 5.74. The number of nitrogens with one attached hydrogen (secondary N) is 1. The predicted molar refractivity (Wildman–Crippen MR) is 85.8 cm³/mol. The minimum absolute atomic E-state index is 0.0281. The van der Waals surface area contributed by atoms with Crippen LogP contribution in [-0.4, -0.2) is 40.3 Å². The minimum atomic E-state index is 0.0281. The third-order valence-electron chi connectivity index (χ3n) is 4.24. The maximum atomic E-state index is 12.2. The molecule has 1 aliphatic rings. The quantitative estimate of drug-likeness (QED) is 0.822. The molecule has 1 N–H and O–H groups in total.